The summed E-state index contributed by atoms with van der Waals surface area (Å²) < 4.78 is 6.38. The van der Waals surface area contributed by atoms with Crippen molar-refractivity contribution in [3.63, 3.8) is 0 Å². The van der Waals surface area contributed by atoms with Crippen molar-refractivity contribution in [1.82, 2.24) is 9.78 Å². The van der Waals surface area contributed by atoms with Crippen LogP contribution in [0.2, 0.25) is 0 Å². The SMILES string of the molecule is C=CCOC(=O)Nc1nn(C2CCCC2)cc1C(=O)O. The summed E-state index contributed by atoms with van der Waals surface area (Å²) in [6.45, 7) is 3.48. The van der Waals surface area contributed by atoms with Crippen molar-refractivity contribution in [3.05, 3.63) is 24.4 Å². The summed E-state index contributed by atoms with van der Waals surface area (Å²) in [5, 5.41) is 15.7. The molecular formula is C13H17N3O4. The number of carboxylic acids is 1. The van der Waals surface area contributed by atoms with Gasteiger partial charge in [0.25, 0.3) is 0 Å². The predicted octanol–water partition coefficient (Wildman–Crippen LogP) is 2.43. The maximum absolute atomic E-state index is 11.5. The summed E-state index contributed by atoms with van der Waals surface area (Å²) in [4.78, 5) is 22.6. The lowest BCUT2D eigenvalue weighted by Gasteiger charge is -2.08. The Morgan fingerprint density at radius 1 is 1.55 bits per heavy atom. The van der Waals surface area contributed by atoms with E-state index < -0.39 is 12.1 Å². The molecule has 20 heavy (non-hydrogen) atoms. The molecule has 1 aromatic rings. The maximum atomic E-state index is 11.5. The topological polar surface area (TPSA) is 93.5 Å². The number of carbonyl (C=O) groups excluding carboxylic acids is 1. The number of rotatable bonds is 5. The standard InChI is InChI=1S/C13H17N3O4/c1-2-7-20-13(19)14-11-10(12(17)18)8-16(15-11)9-5-3-4-6-9/h2,8-9H,1,3-7H2,(H,17,18)(H,14,15,19). The van der Waals surface area contributed by atoms with Gasteiger partial charge in [-0.15, -0.1) is 0 Å². The van der Waals surface area contributed by atoms with Gasteiger partial charge in [0.1, 0.15) is 12.2 Å². The van der Waals surface area contributed by atoms with Gasteiger partial charge < -0.3 is 9.84 Å². The highest BCUT2D eigenvalue weighted by Crippen LogP contribution is 2.30. The van der Waals surface area contributed by atoms with Crippen LogP contribution in [0.15, 0.2) is 18.9 Å². The van der Waals surface area contributed by atoms with E-state index in [2.05, 4.69) is 17.0 Å². The lowest BCUT2D eigenvalue weighted by molar-refractivity contribution is 0.0698. The minimum absolute atomic E-state index is 0.0125. The molecule has 0 unspecified atom stereocenters. The first-order valence-corrected chi connectivity index (χ1v) is 6.49. The fraction of sp³-hybridized carbons (Fsp3) is 0.462. The number of nitrogens with one attached hydrogen (secondary N) is 1. The molecule has 7 nitrogen and oxygen atoms in total. The van der Waals surface area contributed by atoms with Crippen LogP contribution in [-0.2, 0) is 4.74 Å². The second-order valence-corrected chi connectivity index (χ2v) is 4.63. The quantitative estimate of drug-likeness (QED) is 0.807. The van der Waals surface area contributed by atoms with Crippen LogP contribution >= 0.6 is 0 Å². The van der Waals surface area contributed by atoms with Gasteiger partial charge in [0, 0.05) is 6.20 Å². The zero-order chi connectivity index (χ0) is 14.5. The molecule has 7 heteroatoms. The van der Waals surface area contributed by atoms with E-state index in [0.717, 1.165) is 25.7 Å². The third-order valence-corrected chi connectivity index (χ3v) is 3.21. The van der Waals surface area contributed by atoms with Crippen LogP contribution in [0.25, 0.3) is 0 Å². The lowest BCUT2D eigenvalue weighted by atomic mass is 10.2. The van der Waals surface area contributed by atoms with Crippen LogP contribution in [0.3, 0.4) is 0 Å². The Balaban J connectivity index is 2.15. The number of hydrogen-bond donors (Lipinski definition) is 2. The monoisotopic (exact) mass is 279 g/mol. The first-order chi connectivity index (χ1) is 9.61. The summed E-state index contributed by atoms with van der Waals surface area (Å²) in [5.74, 6) is -1.12. The molecule has 0 aliphatic heterocycles. The number of hydrogen-bond acceptors (Lipinski definition) is 4. The van der Waals surface area contributed by atoms with Crippen LogP contribution in [0.4, 0.5) is 10.6 Å². The number of amides is 1. The fourth-order valence-corrected chi connectivity index (χ4v) is 2.26. The van der Waals surface area contributed by atoms with E-state index in [9.17, 15) is 9.59 Å². The molecule has 1 aromatic heterocycles. The summed E-state index contributed by atoms with van der Waals surface area (Å²) >= 11 is 0. The molecule has 0 atom stereocenters. The Bertz CT molecular complexity index is 518. The van der Waals surface area contributed by atoms with Gasteiger partial charge in [-0.25, -0.2) is 9.59 Å². The average molecular weight is 279 g/mol. The molecule has 0 radical (unpaired) electrons. The minimum atomic E-state index is -1.13. The molecule has 1 fully saturated rings. The first-order valence-electron chi connectivity index (χ1n) is 6.49. The van der Waals surface area contributed by atoms with E-state index in [1.807, 2.05) is 0 Å². The zero-order valence-electron chi connectivity index (χ0n) is 11.0. The second kappa shape index (κ2) is 6.23. The molecule has 1 aliphatic rings. The number of aromatic nitrogens is 2. The van der Waals surface area contributed by atoms with Gasteiger partial charge in [-0.1, -0.05) is 25.5 Å². The molecule has 108 valence electrons. The van der Waals surface area contributed by atoms with Crippen molar-refractivity contribution in [2.24, 2.45) is 0 Å². The van der Waals surface area contributed by atoms with Crippen LogP contribution < -0.4 is 5.32 Å². The van der Waals surface area contributed by atoms with Crippen LogP contribution in [0.1, 0.15) is 42.1 Å². The van der Waals surface area contributed by atoms with E-state index >= 15 is 0 Å². The van der Waals surface area contributed by atoms with Gasteiger partial charge >= 0.3 is 12.1 Å². The van der Waals surface area contributed by atoms with Crippen molar-refractivity contribution in [2.45, 2.75) is 31.7 Å². The number of aromatic carboxylic acids is 1. The molecule has 2 rings (SSSR count). The normalized spacial score (nSPS) is 15.0. The lowest BCUT2D eigenvalue weighted by Crippen LogP contribution is -2.16. The highest BCUT2D eigenvalue weighted by atomic mass is 16.5. The largest absolute Gasteiger partial charge is 0.477 e. The highest BCUT2D eigenvalue weighted by molar-refractivity contribution is 5.97. The van der Waals surface area contributed by atoms with Crippen LogP contribution in [0, 0.1) is 0 Å². The Morgan fingerprint density at radius 3 is 2.85 bits per heavy atom. The van der Waals surface area contributed by atoms with Gasteiger partial charge in [-0.2, -0.15) is 5.10 Å². The van der Waals surface area contributed by atoms with Gasteiger partial charge in [0.15, 0.2) is 5.82 Å². The molecule has 1 amide bonds. The summed E-state index contributed by atoms with van der Waals surface area (Å²) in [6.07, 6.45) is 6.30. The Hall–Kier alpha value is -2.31. The summed E-state index contributed by atoms with van der Waals surface area (Å²) in [7, 11) is 0. The molecule has 2 N–H and O–H groups in total. The van der Waals surface area contributed by atoms with Crippen LogP contribution in [0.5, 0.6) is 0 Å². The second-order valence-electron chi connectivity index (χ2n) is 4.63. The first kappa shape index (κ1) is 14.1. The van der Waals surface area contributed by atoms with Gasteiger partial charge in [0.2, 0.25) is 0 Å². The van der Waals surface area contributed by atoms with Crippen molar-refractivity contribution in [3.8, 4) is 0 Å². The Labute approximate surface area is 116 Å². The highest BCUT2D eigenvalue weighted by Gasteiger charge is 2.23. The number of anilines is 1. The molecular weight excluding hydrogens is 262 g/mol. The Morgan fingerprint density at radius 2 is 2.25 bits per heavy atom. The summed E-state index contributed by atoms with van der Waals surface area (Å²) in [5.41, 5.74) is -0.0348. The van der Waals surface area contributed by atoms with Crippen LogP contribution in [-0.4, -0.2) is 33.6 Å². The predicted molar refractivity (Wildman–Crippen MR) is 71.9 cm³/mol. The summed E-state index contributed by atoms with van der Waals surface area (Å²) in [6, 6.07) is 0.202. The van der Waals surface area contributed by atoms with Gasteiger partial charge in [-0.3, -0.25) is 10.00 Å². The van der Waals surface area contributed by atoms with Crippen molar-refractivity contribution in [2.75, 3.05) is 11.9 Å². The van der Waals surface area contributed by atoms with Gasteiger partial charge in [0.05, 0.1) is 6.04 Å². The number of carboxylic acid groups (broad SMARTS) is 1. The average Bonchev–Trinajstić information content (AvgIpc) is 3.04. The fourth-order valence-electron chi connectivity index (χ4n) is 2.26. The number of nitrogens with zero attached hydrogens (tertiary/aromatic N) is 2. The molecule has 1 heterocycles. The molecule has 0 saturated heterocycles. The molecule has 1 saturated carbocycles. The van der Waals surface area contributed by atoms with Gasteiger partial charge in [-0.05, 0) is 12.8 Å². The zero-order valence-corrected chi connectivity index (χ0v) is 11.0. The third-order valence-electron chi connectivity index (χ3n) is 3.21. The maximum Gasteiger partial charge on any atom is 0.413 e. The number of carbonyl (C=O) groups is 2. The van der Waals surface area contributed by atoms with Crippen molar-refractivity contribution < 1.29 is 19.4 Å². The number of ether oxygens (including phenoxy) is 1. The van der Waals surface area contributed by atoms with E-state index in [4.69, 9.17) is 9.84 Å². The minimum Gasteiger partial charge on any atom is -0.477 e. The molecule has 1 aliphatic carbocycles. The molecule has 0 aromatic carbocycles. The van der Waals surface area contributed by atoms with E-state index in [1.54, 1.807) is 4.68 Å². The van der Waals surface area contributed by atoms with Crippen molar-refractivity contribution >= 4 is 17.9 Å². The Kier molecular flexibility index (Phi) is 4.39. The van der Waals surface area contributed by atoms with E-state index in [1.165, 1.54) is 12.3 Å². The third kappa shape index (κ3) is 3.17. The van der Waals surface area contributed by atoms with E-state index in [0.29, 0.717) is 0 Å². The molecule has 0 spiro atoms. The smallest absolute Gasteiger partial charge is 0.413 e. The van der Waals surface area contributed by atoms with Crippen molar-refractivity contribution in [1.29, 1.82) is 0 Å². The molecule has 0 bridgehead atoms. The van der Waals surface area contributed by atoms with E-state index in [-0.39, 0.29) is 24.0 Å².